The van der Waals surface area contributed by atoms with Crippen LogP contribution in [0.4, 0.5) is 9.18 Å². The summed E-state index contributed by atoms with van der Waals surface area (Å²) >= 11 is 1.57. The summed E-state index contributed by atoms with van der Waals surface area (Å²) in [4.78, 5) is 11.7. The minimum absolute atomic E-state index is 0.200. The van der Waals surface area contributed by atoms with E-state index in [4.69, 9.17) is 14.2 Å². The summed E-state index contributed by atoms with van der Waals surface area (Å²) in [6, 6.07) is 12.9. The van der Waals surface area contributed by atoms with Crippen molar-refractivity contribution in [3.8, 4) is 28.3 Å². The third-order valence-corrected chi connectivity index (χ3v) is 7.04. The van der Waals surface area contributed by atoms with Gasteiger partial charge < -0.3 is 19.5 Å². The van der Waals surface area contributed by atoms with Gasteiger partial charge in [0.2, 0.25) is 0 Å². The molecule has 0 fully saturated rings. The van der Waals surface area contributed by atoms with Crippen molar-refractivity contribution in [2.75, 3.05) is 26.4 Å². The molecule has 40 heavy (non-hydrogen) atoms. The van der Waals surface area contributed by atoms with Gasteiger partial charge in [0.15, 0.2) is 0 Å². The van der Waals surface area contributed by atoms with Crippen LogP contribution >= 0.6 is 11.3 Å². The zero-order valence-corrected chi connectivity index (χ0v) is 24.5. The number of fused-ring (bicyclic) bond motifs is 1. The molecule has 0 aliphatic rings. The van der Waals surface area contributed by atoms with Crippen LogP contribution in [0.2, 0.25) is 0 Å². The first-order valence-corrected chi connectivity index (χ1v) is 14.4. The van der Waals surface area contributed by atoms with Gasteiger partial charge in [-0.05, 0) is 74.9 Å². The maximum absolute atomic E-state index is 14.2. The molecule has 0 atom stereocenters. The van der Waals surface area contributed by atoms with Gasteiger partial charge >= 0.3 is 6.09 Å². The van der Waals surface area contributed by atoms with Crippen LogP contribution < -0.4 is 10.1 Å². The molecule has 212 valence electrons. The molecule has 7 nitrogen and oxygen atoms in total. The smallest absolute Gasteiger partial charge is 0.407 e. The van der Waals surface area contributed by atoms with Gasteiger partial charge in [-0.2, -0.15) is 0 Å². The summed E-state index contributed by atoms with van der Waals surface area (Å²) in [6.07, 6.45) is 1.65. The van der Waals surface area contributed by atoms with Crippen molar-refractivity contribution < 1.29 is 23.4 Å². The number of nitrogens with one attached hydrogen (secondary N) is 1. The Morgan fingerprint density at radius 1 is 1.02 bits per heavy atom. The number of halogens is 1. The topological polar surface area (TPSA) is 82.6 Å². The predicted octanol–water partition coefficient (Wildman–Crippen LogP) is 7.35. The Kier molecular flexibility index (Phi) is 9.71. The van der Waals surface area contributed by atoms with Crippen molar-refractivity contribution in [3.63, 3.8) is 0 Å². The highest BCUT2D eigenvalue weighted by Crippen LogP contribution is 2.39. The third-order valence-electron chi connectivity index (χ3n) is 6.12. The molecule has 4 aromatic rings. The minimum Gasteiger partial charge on any atom is -0.490 e. The highest BCUT2D eigenvalue weighted by atomic mass is 32.1. The fraction of sp³-hybridized carbons (Fsp3) is 0.387. The summed E-state index contributed by atoms with van der Waals surface area (Å²) in [5.74, 6) is -0.0390. The summed E-state index contributed by atoms with van der Waals surface area (Å²) < 4.78 is 31.8. The molecule has 0 saturated heterocycles. The van der Waals surface area contributed by atoms with E-state index in [2.05, 4.69) is 47.6 Å². The Labute approximate surface area is 238 Å². The zero-order chi connectivity index (χ0) is 28.7. The van der Waals surface area contributed by atoms with E-state index < -0.39 is 17.5 Å². The maximum Gasteiger partial charge on any atom is 0.407 e. The predicted molar refractivity (Wildman–Crippen MR) is 158 cm³/mol. The molecule has 0 radical (unpaired) electrons. The first-order chi connectivity index (χ1) is 19.2. The Balaban J connectivity index is 1.45. The normalized spacial score (nSPS) is 11.6. The molecule has 0 aliphatic heterocycles. The van der Waals surface area contributed by atoms with E-state index in [-0.39, 0.29) is 13.2 Å². The lowest BCUT2D eigenvalue weighted by molar-refractivity contribution is 0.0489. The number of hydrogen-bond acceptors (Lipinski definition) is 7. The Bertz CT molecular complexity index is 1460. The van der Waals surface area contributed by atoms with Crippen LogP contribution in [0.1, 0.15) is 45.2 Å². The fourth-order valence-corrected chi connectivity index (χ4v) is 5.22. The van der Waals surface area contributed by atoms with Crippen LogP contribution in [0, 0.1) is 12.7 Å². The number of benzene rings is 2. The quantitative estimate of drug-likeness (QED) is 0.192. The number of alkyl carbamates (subject to hydrolysis) is 1. The van der Waals surface area contributed by atoms with Crippen LogP contribution in [0.15, 0.2) is 47.8 Å². The molecular weight excluding hydrogens is 529 g/mol. The molecule has 2 aromatic carbocycles. The van der Waals surface area contributed by atoms with Crippen LogP contribution in [-0.4, -0.2) is 48.3 Å². The molecule has 1 amide bonds. The number of aromatic nitrogens is 2. The molecule has 2 aromatic heterocycles. The minimum atomic E-state index is -0.556. The first kappa shape index (κ1) is 29.4. The number of carbonyl (C=O) groups is 1. The van der Waals surface area contributed by atoms with Crippen molar-refractivity contribution in [1.29, 1.82) is 0 Å². The Morgan fingerprint density at radius 3 is 2.58 bits per heavy atom. The lowest BCUT2D eigenvalue weighted by Gasteiger charge is -2.19. The van der Waals surface area contributed by atoms with Gasteiger partial charge in [-0.3, -0.25) is 0 Å². The van der Waals surface area contributed by atoms with Crippen molar-refractivity contribution in [3.05, 3.63) is 64.8 Å². The Morgan fingerprint density at radius 2 is 1.82 bits per heavy atom. The van der Waals surface area contributed by atoms with Gasteiger partial charge in [0, 0.05) is 29.1 Å². The van der Waals surface area contributed by atoms with Crippen LogP contribution in [0.25, 0.3) is 32.6 Å². The molecule has 9 heteroatoms. The Hall–Kier alpha value is -3.56. The number of rotatable bonds is 11. The van der Waals surface area contributed by atoms with Crippen molar-refractivity contribution in [1.82, 2.24) is 15.5 Å². The van der Waals surface area contributed by atoms with Crippen LogP contribution in [0.5, 0.6) is 5.75 Å². The lowest BCUT2D eigenvalue weighted by Crippen LogP contribution is -2.34. The second-order valence-electron chi connectivity index (χ2n) is 10.5. The van der Waals surface area contributed by atoms with E-state index >= 15 is 0 Å². The molecule has 0 spiro atoms. The molecule has 0 unspecified atom stereocenters. The molecule has 2 heterocycles. The summed E-state index contributed by atoms with van der Waals surface area (Å²) in [6.45, 7) is 10.8. The molecule has 4 rings (SSSR count). The first-order valence-electron chi connectivity index (χ1n) is 13.5. The van der Waals surface area contributed by atoms with Crippen LogP contribution in [-0.2, 0) is 15.9 Å². The summed E-state index contributed by atoms with van der Waals surface area (Å²) in [5, 5.41) is 14.8. The fourth-order valence-electron chi connectivity index (χ4n) is 4.32. The number of thiophene rings is 1. The van der Waals surface area contributed by atoms with Gasteiger partial charge in [-0.25, -0.2) is 9.18 Å². The van der Waals surface area contributed by atoms with E-state index in [1.807, 2.05) is 11.4 Å². The van der Waals surface area contributed by atoms with Crippen LogP contribution in [0.3, 0.4) is 0 Å². The van der Waals surface area contributed by atoms with Crippen molar-refractivity contribution >= 4 is 27.5 Å². The van der Waals surface area contributed by atoms with Crippen molar-refractivity contribution in [2.24, 2.45) is 0 Å². The van der Waals surface area contributed by atoms with E-state index in [1.165, 1.54) is 23.3 Å². The number of aryl methyl sites for hydroxylation is 2. The highest BCUT2D eigenvalue weighted by Gasteiger charge is 2.18. The largest absolute Gasteiger partial charge is 0.490 e. The monoisotopic (exact) mass is 565 g/mol. The number of ether oxygens (including phenoxy) is 3. The van der Waals surface area contributed by atoms with E-state index in [0.717, 1.165) is 34.2 Å². The summed E-state index contributed by atoms with van der Waals surface area (Å²) in [5.41, 5.74) is 5.18. The SMILES string of the molecule is CCCc1ccc(-c2nnc(-c3ccc(F)cc3OCCOCCNC(=O)OC(C)(C)C)c3sccc23)cc1C. The van der Waals surface area contributed by atoms with E-state index in [9.17, 15) is 9.18 Å². The number of carbonyl (C=O) groups excluding carboxylic acids is 1. The second kappa shape index (κ2) is 13.2. The highest BCUT2D eigenvalue weighted by molar-refractivity contribution is 7.17. The third kappa shape index (κ3) is 7.55. The van der Waals surface area contributed by atoms with Gasteiger partial charge in [0.1, 0.15) is 35.2 Å². The van der Waals surface area contributed by atoms with Crippen molar-refractivity contribution in [2.45, 2.75) is 53.1 Å². The molecule has 1 N–H and O–H groups in total. The average Bonchev–Trinajstić information content (AvgIpc) is 3.38. The van der Waals surface area contributed by atoms with Gasteiger partial charge in [0.25, 0.3) is 0 Å². The van der Waals surface area contributed by atoms with E-state index in [0.29, 0.717) is 30.2 Å². The maximum atomic E-state index is 14.2. The van der Waals surface area contributed by atoms with E-state index in [1.54, 1.807) is 38.2 Å². The lowest BCUT2D eigenvalue weighted by atomic mass is 9.98. The van der Waals surface area contributed by atoms with Gasteiger partial charge in [-0.15, -0.1) is 21.5 Å². The standard InChI is InChI=1S/C31H36FN3O4S/c1-6-7-21-8-9-22(18-20(21)2)27-25-12-17-40-29(25)28(35-34-27)24-11-10-23(32)19-26(24)38-16-15-37-14-13-33-30(36)39-31(3,4)5/h8-12,17-19H,6-7,13-16H2,1-5H3,(H,33,36). The molecule has 0 saturated carbocycles. The molecule has 0 bridgehead atoms. The number of nitrogens with zero attached hydrogens (tertiary/aromatic N) is 2. The number of amides is 1. The average molecular weight is 566 g/mol. The second-order valence-corrected chi connectivity index (χ2v) is 11.4. The zero-order valence-electron chi connectivity index (χ0n) is 23.7. The summed E-state index contributed by atoms with van der Waals surface area (Å²) in [7, 11) is 0. The van der Waals surface area contributed by atoms with Gasteiger partial charge in [0.05, 0.1) is 17.9 Å². The molecular formula is C31H36FN3O4S. The van der Waals surface area contributed by atoms with Gasteiger partial charge in [-0.1, -0.05) is 25.5 Å². The molecule has 0 aliphatic carbocycles. The number of hydrogen-bond donors (Lipinski definition) is 1.